The van der Waals surface area contributed by atoms with Gasteiger partial charge >= 0.3 is 6.03 Å². The number of carbonyl (C=O) groups excluding carboxylic acids is 2. The molecule has 0 bridgehead atoms. The third-order valence-electron chi connectivity index (χ3n) is 2.42. The van der Waals surface area contributed by atoms with Crippen LogP contribution in [0.4, 0.5) is 4.79 Å². The summed E-state index contributed by atoms with van der Waals surface area (Å²) in [6.45, 7) is 0.825. The van der Waals surface area contributed by atoms with Crippen LogP contribution in [0.2, 0.25) is 0 Å². The second kappa shape index (κ2) is 7.32. The largest absolute Gasteiger partial charge is 0.349 e. The Morgan fingerprint density at radius 3 is 2.39 bits per heavy atom. The number of amides is 3. The summed E-state index contributed by atoms with van der Waals surface area (Å²) in [5, 5.41) is 5.37. The van der Waals surface area contributed by atoms with Gasteiger partial charge in [0.1, 0.15) is 0 Å². The van der Waals surface area contributed by atoms with Crippen molar-refractivity contribution in [2.45, 2.75) is 13.0 Å². The normalized spacial score (nSPS) is 9.67. The molecule has 3 amide bonds. The molecule has 0 saturated carbocycles. The Labute approximate surface area is 107 Å². The Morgan fingerprint density at radius 2 is 1.78 bits per heavy atom. The number of hydrogen-bond acceptors (Lipinski definition) is 2. The second-order valence-electron chi connectivity index (χ2n) is 4.13. The summed E-state index contributed by atoms with van der Waals surface area (Å²) in [5.74, 6) is -0.00152. The Hall–Kier alpha value is -2.04. The van der Waals surface area contributed by atoms with E-state index in [0.29, 0.717) is 19.5 Å². The van der Waals surface area contributed by atoms with E-state index >= 15 is 0 Å². The minimum atomic E-state index is -0.259. The van der Waals surface area contributed by atoms with Gasteiger partial charge in [0.15, 0.2) is 0 Å². The molecule has 1 aromatic carbocycles. The Balaban J connectivity index is 2.17. The van der Waals surface area contributed by atoms with Gasteiger partial charge in [0.25, 0.3) is 0 Å². The lowest BCUT2D eigenvalue weighted by molar-refractivity contribution is -0.128. The zero-order valence-electron chi connectivity index (χ0n) is 10.8. The van der Waals surface area contributed by atoms with Crippen LogP contribution in [-0.4, -0.2) is 37.5 Å². The third-order valence-corrected chi connectivity index (χ3v) is 2.42. The van der Waals surface area contributed by atoms with Crippen molar-refractivity contribution in [1.29, 1.82) is 0 Å². The first-order valence-corrected chi connectivity index (χ1v) is 5.85. The average molecular weight is 249 g/mol. The highest BCUT2D eigenvalue weighted by atomic mass is 16.2. The van der Waals surface area contributed by atoms with Crippen LogP contribution >= 0.6 is 0 Å². The van der Waals surface area contributed by atoms with Crippen molar-refractivity contribution in [2.24, 2.45) is 0 Å². The summed E-state index contributed by atoms with van der Waals surface area (Å²) >= 11 is 0. The number of nitrogens with zero attached hydrogens (tertiary/aromatic N) is 1. The van der Waals surface area contributed by atoms with Crippen molar-refractivity contribution in [2.75, 3.05) is 20.6 Å². The van der Waals surface area contributed by atoms with Gasteiger partial charge in [-0.05, 0) is 5.56 Å². The van der Waals surface area contributed by atoms with Gasteiger partial charge in [0.05, 0.1) is 0 Å². The SMILES string of the molecule is CN(C)C(=O)CCNC(=O)NCc1ccccc1. The van der Waals surface area contributed by atoms with E-state index in [1.54, 1.807) is 14.1 Å². The quantitative estimate of drug-likeness (QED) is 0.816. The number of hydrogen-bond donors (Lipinski definition) is 2. The molecular weight excluding hydrogens is 230 g/mol. The molecule has 0 fully saturated rings. The molecule has 0 saturated heterocycles. The first kappa shape index (κ1) is 14.0. The van der Waals surface area contributed by atoms with Crippen LogP contribution in [0.1, 0.15) is 12.0 Å². The molecular formula is C13H19N3O2. The summed E-state index contributed by atoms with van der Waals surface area (Å²) in [7, 11) is 3.38. The topological polar surface area (TPSA) is 61.4 Å². The van der Waals surface area contributed by atoms with Crippen LogP contribution in [0.3, 0.4) is 0 Å². The zero-order valence-corrected chi connectivity index (χ0v) is 10.8. The summed E-state index contributed by atoms with van der Waals surface area (Å²) in [6, 6.07) is 9.39. The van der Waals surface area contributed by atoms with Crippen LogP contribution in [0.5, 0.6) is 0 Å². The summed E-state index contributed by atoms with van der Waals surface area (Å²) < 4.78 is 0. The van der Waals surface area contributed by atoms with Gasteiger partial charge in [-0.3, -0.25) is 4.79 Å². The molecule has 0 unspecified atom stereocenters. The van der Waals surface area contributed by atoms with Gasteiger partial charge in [-0.2, -0.15) is 0 Å². The van der Waals surface area contributed by atoms with Crippen molar-refractivity contribution < 1.29 is 9.59 Å². The lowest BCUT2D eigenvalue weighted by Gasteiger charge is -2.11. The maximum absolute atomic E-state index is 11.4. The minimum absolute atomic E-state index is 0.00152. The molecule has 5 nitrogen and oxygen atoms in total. The Bertz CT molecular complexity index is 390. The maximum atomic E-state index is 11.4. The summed E-state index contributed by atoms with van der Waals surface area (Å²) in [4.78, 5) is 24.2. The molecule has 1 rings (SSSR count). The minimum Gasteiger partial charge on any atom is -0.349 e. The first-order chi connectivity index (χ1) is 8.59. The van der Waals surface area contributed by atoms with E-state index in [9.17, 15) is 9.59 Å². The van der Waals surface area contributed by atoms with Gasteiger partial charge in [0, 0.05) is 33.6 Å². The standard InChI is InChI=1S/C13H19N3O2/c1-16(2)12(17)8-9-14-13(18)15-10-11-6-4-3-5-7-11/h3-7H,8-10H2,1-2H3,(H2,14,15,18). The lowest BCUT2D eigenvalue weighted by Crippen LogP contribution is -2.37. The molecule has 0 aliphatic carbocycles. The Morgan fingerprint density at radius 1 is 1.11 bits per heavy atom. The van der Waals surface area contributed by atoms with E-state index < -0.39 is 0 Å². The summed E-state index contributed by atoms with van der Waals surface area (Å²) in [5.41, 5.74) is 1.04. The molecule has 5 heteroatoms. The highest BCUT2D eigenvalue weighted by Gasteiger charge is 2.05. The highest BCUT2D eigenvalue weighted by Crippen LogP contribution is 1.96. The highest BCUT2D eigenvalue weighted by molar-refractivity contribution is 5.77. The fourth-order valence-corrected chi connectivity index (χ4v) is 1.35. The number of rotatable bonds is 5. The van der Waals surface area contributed by atoms with Crippen LogP contribution < -0.4 is 10.6 Å². The smallest absolute Gasteiger partial charge is 0.315 e. The molecule has 0 aliphatic rings. The predicted molar refractivity (Wildman–Crippen MR) is 70.0 cm³/mol. The van der Waals surface area contributed by atoms with E-state index in [1.165, 1.54) is 4.90 Å². The molecule has 0 spiro atoms. The van der Waals surface area contributed by atoms with E-state index in [0.717, 1.165) is 5.56 Å². The van der Waals surface area contributed by atoms with Gasteiger partial charge in [-0.25, -0.2) is 4.79 Å². The van der Waals surface area contributed by atoms with Gasteiger partial charge in [-0.1, -0.05) is 30.3 Å². The second-order valence-corrected chi connectivity index (χ2v) is 4.13. The van der Waals surface area contributed by atoms with E-state index in [-0.39, 0.29) is 11.9 Å². The molecule has 0 aliphatic heterocycles. The third kappa shape index (κ3) is 5.34. The van der Waals surface area contributed by atoms with E-state index in [1.807, 2.05) is 30.3 Å². The molecule has 18 heavy (non-hydrogen) atoms. The molecule has 1 aromatic rings. The van der Waals surface area contributed by atoms with Crippen molar-refractivity contribution in [3.63, 3.8) is 0 Å². The number of benzene rings is 1. The number of nitrogens with one attached hydrogen (secondary N) is 2. The molecule has 2 N–H and O–H groups in total. The fraction of sp³-hybridized carbons (Fsp3) is 0.385. The van der Waals surface area contributed by atoms with Crippen LogP contribution in [0.15, 0.2) is 30.3 Å². The average Bonchev–Trinajstić information content (AvgIpc) is 2.37. The zero-order chi connectivity index (χ0) is 13.4. The van der Waals surface area contributed by atoms with E-state index in [2.05, 4.69) is 10.6 Å². The first-order valence-electron chi connectivity index (χ1n) is 5.85. The predicted octanol–water partition coefficient (Wildman–Crippen LogP) is 0.964. The molecule has 0 heterocycles. The lowest BCUT2D eigenvalue weighted by atomic mass is 10.2. The van der Waals surface area contributed by atoms with Crippen LogP contribution in [-0.2, 0) is 11.3 Å². The van der Waals surface area contributed by atoms with Gasteiger partial charge in [0.2, 0.25) is 5.91 Å². The van der Waals surface area contributed by atoms with Crippen molar-refractivity contribution >= 4 is 11.9 Å². The number of carbonyl (C=O) groups is 2. The van der Waals surface area contributed by atoms with Gasteiger partial charge < -0.3 is 15.5 Å². The van der Waals surface area contributed by atoms with Crippen molar-refractivity contribution in [3.05, 3.63) is 35.9 Å². The fourth-order valence-electron chi connectivity index (χ4n) is 1.35. The van der Waals surface area contributed by atoms with Crippen molar-refractivity contribution in [1.82, 2.24) is 15.5 Å². The van der Waals surface area contributed by atoms with Crippen molar-refractivity contribution in [3.8, 4) is 0 Å². The molecule has 98 valence electrons. The van der Waals surface area contributed by atoms with Crippen LogP contribution in [0.25, 0.3) is 0 Å². The molecule has 0 atom stereocenters. The molecule has 0 aromatic heterocycles. The monoisotopic (exact) mass is 249 g/mol. The number of urea groups is 1. The van der Waals surface area contributed by atoms with Gasteiger partial charge in [-0.15, -0.1) is 0 Å². The Kier molecular flexibility index (Phi) is 5.70. The maximum Gasteiger partial charge on any atom is 0.315 e. The van der Waals surface area contributed by atoms with E-state index in [4.69, 9.17) is 0 Å². The van der Waals surface area contributed by atoms with Crippen LogP contribution in [0, 0.1) is 0 Å². The summed E-state index contributed by atoms with van der Waals surface area (Å²) in [6.07, 6.45) is 0.311. The molecule has 0 radical (unpaired) electrons.